The summed E-state index contributed by atoms with van der Waals surface area (Å²) in [6, 6.07) is 39.4. The Labute approximate surface area is 344 Å². The van der Waals surface area contributed by atoms with Crippen molar-refractivity contribution in [1.82, 2.24) is 9.97 Å². The molecule has 5 aromatic carbocycles. The van der Waals surface area contributed by atoms with Gasteiger partial charge in [-0.2, -0.15) is 0 Å². The molecule has 3 heterocycles. The number of fused-ring (bicyclic) bond motifs is 8. The van der Waals surface area contributed by atoms with E-state index in [9.17, 15) is 4.39 Å². The smallest absolute Gasteiger partial charge is 0.128 e. The van der Waals surface area contributed by atoms with Crippen LogP contribution in [0.25, 0.3) is 66.4 Å². The fraction of sp³-hybridized carbons (Fsp3) is 0.240. The molecule has 0 saturated carbocycles. The second kappa shape index (κ2) is 14.3. The van der Waals surface area contributed by atoms with Crippen molar-refractivity contribution in [2.45, 2.75) is 72.5 Å². The molecule has 0 spiro atoms. The number of furan rings is 1. The zero-order valence-electron chi connectivity index (χ0n) is 37.0. The van der Waals surface area contributed by atoms with E-state index in [0.29, 0.717) is 16.8 Å². The Balaban J connectivity index is 0.000000228. The van der Waals surface area contributed by atoms with Gasteiger partial charge in [0.05, 0.1) is 5.58 Å². The summed E-state index contributed by atoms with van der Waals surface area (Å²) in [5.41, 5.74) is 7.44. The SMILES string of the molecule is CC1(C)c2cc(F)c[c-]c2-c2ncccc2C1(C)C.[2H]C([2H])([2H])c1cnc(-c2[c-]ccc3c2oc2c4cc(-c5ccccc5)ccc4ccc32)cc1C([2H])([2H])C(C)(C)C.[Ir]. The number of hydrogen-bond acceptors (Lipinski definition) is 3. The molecule has 3 nitrogen and oxygen atoms in total. The first-order valence-electron chi connectivity index (χ1n) is 20.8. The van der Waals surface area contributed by atoms with Crippen LogP contribution in [0, 0.1) is 30.2 Å². The molecule has 1 radical (unpaired) electrons. The zero-order chi connectivity index (χ0) is 42.3. The molecular weight excluding hydrogens is 856 g/mol. The van der Waals surface area contributed by atoms with Gasteiger partial charge in [-0.1, -0.05) is 137 Å². The van der Waals surface area contributed by atoms with Gasteiger partial charge >= 0.3 is 0 Å². The third-order valence-corrected chi connectivity index (χ3v) is 11.1. The third-order valence-electron chi connectivity index (χ3n) is 11.1. The number of aryl methyl sites for hydroxylation is 1. The van der Waals surface area contributed by atoms with Crippen molar-refractivity contribution in [2.75, 3.05) is 0 Å². The number of aromatic nitrogens is 2. The maximum atomic E-state index is 13.6. The van der Waals surface area contributed by atoms with Gasteiger partial charge in [0.25, 0.3) is 0 Å². The van der Waals surface area contributed by atoms with Gasteiger partial charge in [0.1, 0.15) is 5.58 Å². The van der Waals surface area contributed by atoms with Crippen molar-refractivity contribution in [1.29, 1.82) is 0 Å². The van der Waals surface area contributed by atoms with E-state index in [0.717, 1.165) is 55.1 Å². The van der Waals surface area contributed by atoms with Gasteiger partial charge in [-0.15, -0.1) is 47.5 Å². The second-order valence-corrected chi connectivity index (χ2v) is 16.2. The van der Waals surface area contributed by atoms with Gasteiger partial charge in [0.15, 0.2) is 0 Å². The van der Waals surface area contributed by atoms with Gasteiger partial charge in [0.2, 0.25) is 0 Å². The molecule has 55 heavy (non-hydrogen) atoms. The van der Waals surface area contributed by atoms with Crippen LogP contribution in [0.5, 0.6) is 0 Å². The summed E-state index contributed by atoms with van der Waals surface area (Å²) >= 11 is 0. The van der Waals surface area contributed by atoms with Crippen LogP contribution in [0.3, 0.4) is 0 Å². The normalized spacial score (nSPS) is 16.0. The second-order valence-electron chi connectivity index (χ2n) is 16.2. The Morgan fingerprint density at radius 2 is 1.51 bits per heavy atom. The van der Waals surface area contributed by atoms with Crippen LogP contribution in [0.2, 0.25) is 0 Å². The number of benzene rings is 5. The van der Waals surface area contributed by atoms with Crippen molar-refractivity contribution in [3.8, 4) is 33.6 Å². The average Bonchev–Trinajstić information content (AvgIpc) is 3.59. The van der Waals surface area contributed by atoms with E-state index in [1.54, 1.807) is 45.2 Å². The number of pyridine rings is 2. The summed E-state index contributed by atoms with van der Waals surface area (Å²) in [5.74, 6) is -0.234. The molecule has 0 N–H and O–H groups in total. The molecule has 0 atom stereocenters. The van der Waals surface area contributed by atoms with E-state index in [2.05, 4.69) is 92.3 Å². The molecule has 1 aliphatic rings. The Kier molecular flexibility index (Phi) is 8.38. The quantitative estimate of drug-likeness (QED) is 0.166. The molecule has 5 heteroatoms. The fourth-order valence-corrected chi connectivity index (χ4v) is 7.56. The van der Waals surface area contributed by atoms with Crippen molar-refractivity contribution in [3.05, 3.63) is 156 Å². The minimum Gasteiger partial charge on any atom is -0.500 e. The molecule has 0 amide bonds. The molecule has 279 valence electrons. The molecule has 8 aromatic rings. The molecule has 0 unspecified atom stereocenters. The molecule has 1 aliphatic carbocycles. The topological polar surface area (TPSA) is 38.9 Å². The van der Waals surface area contributed by atoms with E-state index >= 15 is 0 Å². The Morgan fingerprint density at radius 3 is 2.27 bits per heavy atom. The van der Waals surface area contributed by atoms with Crippen molar-refractivity contribution < 1.29 is 35.8 Å². The minimum atomic E-state index is -2.51. The summed E-state index contributed by atoms with van der Waals surface area (Å²) in [6.45, 7) is 11.5. The van der Waals surface area contributed by atoms with E-state index in [1.807, 2.05) is 36.4 Å². The molecule has 9 rings (SSSR count). The first-order valence-corrected chi connectivity index (χ1v) is 18.3. The van der Waals surface area contributed by atoms with Crippen LogP contribution < -0.4 is 0 Å². The van der Waals surface area contributed by atoms with Crippen LogP contribution in [0.4, 0.5) is 4.39 Å². The van der Waals surface area contributed by atoms with Crippen LogP contribution in [0.1, 0.15) is 77.6 Å². The standard InChI is InChI=1S/C33H28NO.C17H17FN.Ir/c1-21-20-34-30(18-25(21)19-33(2,3)4)28-12-8-11-26-27-16-15-23-13-14-24(22-9-6-5-7-10-22)17-29(23)32(27)35-31(26)28;1-16(2)13-6-5-9-19-15(13)12-8-7-11(18)10-14(12)17(16,3)4;/h5-11,13-18,20H,19H2,1-4H3;5-7,9-10H,1-4H3;/q2*-1;/i1D3,19D2;;. The third kappa shape index (κ3) is 6.83. The van der Waals surface area contributed by atoms with E-state index in [4.69, 9.17) is 11.3 Å². The molecule has 0 aliphatic heterocycles. The average molecular weight is 906 g/mol. The maximum Gasteiger partial charge on any atom is 0.128 e. The molecular formula is C50H45FIrN2O-2. The van der Waals surface area contributed by atoms with Gasteiger partial charge < -0.3 is 14.4 Å². The number of nitrogens with zero attached hydrogens (tertiary/aromatic N) is 2. The largest absolute Gasteiger partial charge is 0.500 e. The maximum absolute atomic E-state index is 13.6. The number of rotatable bonds is 3. The van der Waals surface area contributed by atoms with Crippen LogP contribution >= 0.6 is 0 Å². The summed E-state index contributed by atoms with van der Waals surface area (Å²) in [6.07, 6.45) is 1.13. The van der Waals surface area contributed by atoms with E-state index in [-0.39, 0.29) is 47.9 Å². The van der Waals surface area contributed by atoms with Crippen LogP contribution in [0.15, 0.2) is 120 Å². The minimum absolute atomic E-state index is 0. The van der Waals surface area contributed by atoms with Crippen LogP contribution in [-0.2, 0) is 37.3 Å². The zero-order valence-corrected chi connectivity index (χ0v) is 34.4. The molecule has 0 bridgehead atoms. The summed E-state index contributed by atoms with van der Waals surface area (Å²) in [4.78, 5) is 8.99. The molecule has 0 saturated heterocycles. The molecule has 0 fully saturated rings. The van der Waals surface area contributed by atoms with Crippen molar-refractivity contribution in [2.24, 2.45) is 5.41 Å². The summed E-state index contributed by atoms with van der Waals surface area (Å²) in [7, 11) is 0. The predicted octanol–water partition coefficient (Wildman–Crippen LogP) is 13.4. The van der Waals surface area contributed by atoms with Gasteiger partial charge in [-0.3, -0.25) is 4.39 Å². The van der Waals surface area contributed by atoms with Crippen LogP contribution in [-0.4, -0.2) is 9.97 Å². The number of halogens is 1. The van der Waals surface area contributed by atoms with E-state index < -0.39 is 18.6 Å². The first-order chi connectivity index (χ1) is 27.7. The van der Waals surface area contributed by atoms with Gasteiger partial charge in [0, 0.05) is 55.9 Å². The summed E-state index contributed by atoms with van der Waals surface area (Å²) < 4.78 is 62.0. The summed E-state index contributed by atoms with van der Waals surface area (Å²) in [5, 5.41) is 3.87. The van der Waals surface area contributed by atoms with Crippen molar-refractivity contribution >= 4 is 32.7 Å². The van der Waals surface area contributed by atoms with Crippen molar-refractivity contribution in [3.63, 3.8) is 0 Å². The van der Waals surface area contributed by atoms with E-state index in [1.165, 1.54) is 17.8 Å². The fourth-order valence-electron chi connectivity index (χ4n) is 7.56. The monoisotopic (exact) mass is 906 g/mol. The molecule has 3 aromatic heterocycles. The first kappa shape index (κ1) is 32.3. The number of hydrogen-bond donors (Lipinski definition) is 0. The van der Waals surface area contributed by atoms with Gasteiger partial charge in [-0.05, 0) is 75.1 Å². The van der Waals surface area contributed by atoms with Gasteiger partial charge in [-0.25, -0.2) is 0 Å². The Hall–Kier alpha value is -4.96. The Morgan fingerprint density at radius 1 is 0.764 bits per heavy atom. The predicted molar refractivity (Wildman–Crippen MR) is 221 cm³/mol. The Bertz CT molecular complexity index is 2910.